The number of benzene rings is 1. The Bertz CT molecular complexity index is 465. The lowest BCUT2D eigenvalue weighted by molar-refractivity contribution is -0.124. The van der Waals surface area contributed by atoms with Gasteiger partial charge in [0.05, 0.1) is 18.6 Å². The van der Waals surface area contributed by atoms with E-state index in [0.717, 1.165) is 11.1 Å². The summed E-state index contributed by atoms with van der Waals surface area (Å²) in [4.78, 5) is 11.9. The lowest BCUT2D eigenvalue weighted by Crippen LogP contribution is -2.41. The molecule has 6 heteroatoms. The van der Waals surface area contributed by atoms with Crippen molar-refractivity contribution in [2.75, 3.05) is 6.54 Å². The van der Waals surface area contributed by atoms with Gasteiger partial charge in [-0.2, -0.15) is 0 Å². The molecule has 20 heavy (non-hydrogen) atoms. The second-order valence-electron chi connectivity index (χ2n) is 5.13. The van der Waals surface area contributed by atoms with Crippen molar-refractivity contribution >= 4 is 18.3 Å². The number of nitrogens with one attached hydrogen (secondary N) is 2. The molecule has 1 heterocycles. The van der Waals surface area contributed by atoms with Gasteiger partial charge in [0.2, 0.25) is 5.91 Å². The number of carbonyl (C=O) groups excluding carboxylic acids is 1. The molecule has 2 atom stereocenters. The molecule has 2 rings (SSSR count). The number of aryl methyl sites for hydroxylation is 1. The summed E-state index contributed by atoms with van der Waals surface area (Å²) in [5.41, 5.74) is 2.10. The molecule has 2 unspecified atom stereocenters. The smallest absolute Gasteiger partial charge is 0.262 e. The first-order chi connectivity index (χ1) is 8.87. The molecule has 0 radical (unpaired) electrons. The molecule has 1 fully saturated rings. The van der Waals surface area contributed by atoms with Gasteiger partial charge in [0.25, 0.3) is 5.92 Å². The summed E-state index contributed by atoms with van der Waals surface area (Å²) < 4.78 is 26.0. The third-order valence-corrected chi connectivity index (χ3v) is 3.36. The van der Waals surface area contributed by atoms with Crippen LogP contribution in [0.1, 0.15) is 30.5 Å². The second kappa shape index (κ2) is 6.50. The SMILES string of the molecule is Cc1ccc(C(C)NC(=O)C2CC(F)(F)CN2)cc1.Cl. The molecule has 3 nitrogen and oxygen atoms in total. The molecule has 1 aliphatic heterocycles. The minimum absolute atomic E-state index is 0. The van der Waals surface area contributed by atoms with Crippen molar-refractivity contribution in [2.45, 2.75) is 38.3 Å². The van der Waals surface area contributed by atoms with E-state index in [4.69, 9.17) is 0 Å². The van der Waals surface area contributed by atoms with Crippen molar-refractivity contribution in [1.29, 1.82) is 0 Å². The van der Waals surface area contributed by atoms with Crippen LogP contribution >= 0.6 is 12.4 Å². The molecule has 1 aromatic rings. The van der Waals surface area contributed by atoms with Crippen LogP contribution in [0.25, 0.3) is 0 Å². The van der Waals surface area contributed by atoms with Crippen LogP contribution in [-0.2, 0) is 4.79 Å². The number of rotatable bonds is 3. The monoisotopic (exact) mass is 304 g/mol. The summed E-state index contributed by atoms with van der Waals surface area (Å²) in [6.07, 6.45) is -0.431. The Morgan fingerprint density at radius 1 is 1.40 bits per heavy atom. The van der Waals surface area contributed by atoms with Crippen LogP contribution in [-0.4, -0.2) is 24.4 Å². The van der Waals surface area contributed by atoms with Crippen molar-refractivity contribution < 1.29 is 13.6 Å². The Labute approximate surface area is 123 Å². The van der Waals surface area contributed by atoms with Gasteiger partial charge in [0.15, 0.2) is 0 Å². The van der Waals surface area contributed by atoms with Crippen LogP contribution in [0.3, 0.4) is 0 Å². The van der Waals surface area contributed by atoms with Crippen molar-refractivity contribution in [3.63, 3.8) is 0 Å². The topological polar surface area (TPSA) is 41.1 Å². The minimum Gasteiger partial charge on any atom is -0.348 e. The molecular formula is C14H19ClF2N2O. The molecule has 1 saturated heterocycles. The number of amides is 1. The van der Waals surface area contributed by atoms with Gasteiger partial charge in [-0.25, -0.2) is 8.78 Å². The van der Waals surface area contributed by atoms with Crippen LogP contribution in [0, 0.1) is 6.92 Å². The highest BCUT2D eigenvalue weighted by atomic mass is 35.5. The van der Waals surface area contributed by atoms with Gasteiger partial charge in [-0.05, 0) is 19.4 Å². The normalized spacial score (nSPS) is 21.9. The van der Waals surface area contributed by atoms with E-state index in [1.54, 1.807) is 0 Å². The Kier molecular flexibility index (Phi) is 5.48. The largest absolute Gasteiger partial charge is 0.348 e. The van der Waals surface area contributed by atoms with Gasteiger partial charge in [0.1, 0.15) is 0 Å². The van der Waals surface area contributed by atoms with E-state index in [9.17, 15) is 13.6 Å². The Morgan fingerprint density at radius 2 is 2.00 bits per heavy atom. The van der Waals surface area contributed by atoms with E-state index < -0.39 is 24.9 Å². The minimum atomic E-state index is -2.78. The predicted octanol–water partition coefficient (Wildman–Crippen LogP) is 2.59. The van der Waals surface area contributed by atoms with Crippen LogP contribution < -0.4 is 10.6 Å². The quantitative estimate of drug-likeness (QED) is 0.901. The van der Waals surface area contributed by atoms with Crippen LogP contribution in [0.5, 0.6) is 0 Å². The molecule has 1 amide bonds. The van der Waals surface area contributed by atoms with Crippen molar-refractivity contribution in [2.24, 2.45) is 0 Å². The van der Waals surface area contributed by atoms with E-state index >= 15 is 0 Å². The summed E-state index contributed by atoms with van der Waals surface area (Å²) in [6, 6.07) is 6.78. The van der Waals surface area contributed by atoms with E-state index in [1.807, 2.05) is 38.1 Å². The number of halogens is 3. The summed E-state index contributed by atoms with van der Waals surface area (Å²) in [6.45, 7) is 3.40. The summed E-state index contributed by atoms with van der Waals surface area (Å²) in [7, 11) is 0. The number of carbonyl (C=O) groups is 1. The molecule has 0 spiro atoms. The van der Waals surface area contributed by atoms with Crippen molar-refractivity contribution in [3.8, 4) is 0 Å². The van der Waals surface area contributed by atoms with Gasteiger partial charge in [-0.1, -0.05) is 29.8 Å². The zero-order valence-electron chi connectivity index (χ0n) is 11.5. The van der Waals surface area contributed by atoms with E-state index in [-0.39, 0.29) is 24.4 Å². The molecule has 0 saturated carbocycles. The highest BCUT2D eigenvalue weighted by Gasteiger charge is 2.42. The fraction of sp³-hybridized carbons (Fsp3) is 0.500. The number of alkyl halides is 2. The molecule has 1 aliphatic rings. The molecule has 2 N–H and O–H groups in total. The van der Waals surface area contributed by atoms with Gasteiger partial charge < -0.3 is 5.32 Å². The highest BCUT2D eigenvalue weighted by Crippen LogP contribution is 2.25. The fourth-order valence-corrected chi connectivity index (χ4v) is 2.15. The summed E-state index contributed by atoms with van der Waals surface area (Å²) in [5, 5.41) is 5.31. The first-order valence-corrected chi connectivity index (χ1v) is 6.35. The number of hydrogen-bond donors (Lipinski definition) is 2. The Morgan fingerprint density at radius 3 is 2.50 bits per heavy atom. The van der Waals surface area contributed by atoms with Crippen molar-refractivity contribution in [3.05, 3.63) is 35.4 Å². The van der Waals surface area contributed by atoms with Crippen LogP contribution in [0.15, 0.2) is 24.3 Å². The second-order valence-corrected chi connectivity index (χ2v) is 5.13. The Balaban J connectivity index is 0.00000200. The summed E-state index contributed by atoms with van der Waals surface area (Å²) >= 11 is 0. The Hall–Kier alpha value is -1.20. The zero-order chi connectivity index (χ0) is 14.0. The van der Waals surface area contributed by atoms with Gasteiger partial charge in [-0.15, -0.1) is 12.4 Å². The first kappa shape index (κ1) is 16.9. The lowest BCUT2D eigenvalue weighted by atomic mass is 10.1. The third-order valence-electron chi connectivity index (χ3n) is 3.36. The lowest BCUT2D eigenvalue weighted by Gasteiger charge is -2.17. The van der Waals surface area contributed by atoms with Crippen LogP contribution in [0.2, 0.25) is 0 Å². The molecule has 112 valence electrons. The van der Waals surface area contributed by atoms with Gasteiger partial charge >= 0.3 is 0 Å². The average molecular weight is 305 g/mol. The van der Waals surface area contributed by atoms with Crippen LogP contribution in [0.4, 0.5) is 8.78 Å². The zero-order valence-corrected chi connectivity index (χ0v) is 12.3. The molecule has 0 aromatic heterocycles. The maximum atomic E-state index is 13.0. The summed E-state index contributed by atoms with van der Waals surface area (Å²) in [5.74, 6) is -3.15. The molecule has 1 aromatic carbocycles. The standard InChI is InChI=1S/C14H18F2N2O.ClH/c1-9-3-5-11(6-4-9)10(2)18-13(19)12-7-14(15,16)8-17-12;/h3-6,10,12,17H,7-8H2,1-2H3,(H,18,19);1H. The first-order valence-electron chi connectivity index (χ1n) is 6.35. The molecular weight excluding hydrogens is 286 g/mol. The number of hydrogen-bond acceptors (Lipinski definition) is 2. The predicted molar refractivity (Wildman–Crippen MR) is 76.3 cm³/mol. The van der Waals surface area contributed by atoms with E-state index in [0.29, 0.717) is 0 Å². The third kappa shape index (κ3) is 4.15. The molecule has 0 aliphatic carbocycles. The maximum Gasteiger partial charge on any atom is 0.262 e. The molecule has 0 bridgehead atoms. The van der Waals surface area contributed by atoms with E-state index in [2.05, 4.69) is 10.6 Å². The fourth-order valence-electron chi connectivity index (χ4n) is 2.15. The van der Waals surface area contributed by atoms with Crippen molar-refractivity contribution in [1.82, 2.24) is 10.6 Å². The highest BCUT2D eigenvalue weighted by molar-refractivity contribution is 5.85. The average Bonchev–Trinajstić information content (AvgIpc) is 2.70. The van der Waals surface area contributed by atoms with Gasteiger partial charge in [0, 0.05) is 6.42 Å². The maximum absolute atomic E-state index is 13.0. The van der Waals surface area contributed by atoms with E-state index in [1.165, 1.54) is 0 Å². The van der Waals surface area contributed by atoms with Gasteiger partial charge in [-0.3, -0.25) is 10.1 Å².